The van der Waals surface area contributed by atoms with Gasteiger partial charge in [-0.15, -0.1) is 0 Å². The van der Waals surface area contributed by atoms with Gasteiger partial charge in [-0.05, 0) is 18.1 Å². The highest BCUT2D eigenvalue weighted by atomic mass is 16.7. The van der Waals surface area contributed by atoms with E-state index in [4.69, 9.17) is 15.2 Å². The highest BCUT2D eigenvalue weighted by Gasteiger charge is 2.23. The quantitative estimate of drug-likeness (QED) is 0.792. The SMILES string of the molecule is COC(CN1CC(N)Cc2ccccc21)OC. The Labute approximate surface area is 102 Å². The Morgan fingerprint density at radius 3 is 2.76 bits per heavy atom. The third-order valence-electron chi connectivity index (χ3n) is 3.16. The maximum Gasteiger partial charge on any atom is 0.174 e. The van der Waals surface area contributed by atoms with Crippen LogP contribution in [0.25, 0.3) is 0 Å². The van der Waals surface area contributed by atoms with Crippen LogP contribution in [-0.2, 0) is 15.9 Å². The molecule has 1 heterocycles. The maximum absolute atomic E-state index is 6.08. The van der Waals surface area contributed by atoms with E-state index >= 15 is 0 Å². The summed E-state index contributed by atoms with van der Waals surface area (Å²) in [5.74, 6) is 0. The summed E-state index contributed by atoms with van der Waals surface area (Å²) in [6.45, 7) is 1.55. The molecule has 2 rings (SSSR count). The highest BCUT2D eigenvalue weighted by Crippen LogP contribution is 2.26. The average Bonchev–Trinajstić information content (AvgIpc) is 2.35. The summed E-state index contributed by atoms with van der Waals surface area (Å²) in [5.41, 5.74) is 8.62. The van der Waals surface area contributed by atoms with Gasteiger partial charge in [-0.25, -0.2) is 0 Å². The molecule has 4 nitrogen and oxygen atoms in total. The van der Waals surface area contributed by atoms with Gasteiger partial charge in [0.1, 0.15) is 0 Å². The maximum atomic E-state index is 6.08. The summed E-state index contributed by atoms with van der Waals surface area (Å²) in [6.07, 6.45) is 0.727. The Hall–Kier alpha value is -1.10. The third kappa shape index (κ3) is 2.77. The van der Waals surface area contributed by atoms with E-state index in [1.165, 1.54) is 11.3 Å². The normalized spacial score (nSPS) is 19.5. The molecule has 0 bridgehead atoms. The van der Waals surface area contributed by atoms with Crippen LogP contribution in [0.15, 0.2) is 24.3 Å². The molecule has 0 radical (unpaired) electrons. The standard InChI is InChI=1S/C13H20N2O2/c1-16-13(17-2)9-15-8-11(14)7-10-5-3-4-6-12(10)15/h3-6,11,13H,7-9,14H2,1-2H3. The van der Waals surface area contributed by atoms with E-state index in [1.54, 1.807) is 14.2 Å². The summed E-state index contributed by atoms with van der Waals surface area (Å²) >= 11 is 0. The number of rotatable bonds is 4. The molecule has 1 aromatic rings. The van der Waals surface area contributed by atoms with Gasteiger partial charge in [0.15, 0.2) is 6.29 Å². The van der Waals surface area contributed by atoms with Crippen LogP contribution in [0, 0.1) is 0 Å². The average molecular weight is 236 g/mol. The molecule has 0 saturated carbocycles. The topological polar surface area (TPSA) is 47.7 Å². The van der Waals surface area contributed by atoms with Gasteiger partial charge >= 0.3 is 0 Å². The Morgan fingerprint density at radius 2 is 2.06 bits per heavy atom. The molecule has 2 N–H and O–H groups in total. The van der Waals surface area contributed by atoms with Crippen LogP contribution < -0.4 is 10.6 Å². The molecule has 0 aromatic heterocycles. The molecular formula is C13H20N2O2. The number of ether oxygens (including phenoxy) is 2. The molecule has 94 valence electrons. The zero-order chi connectivity index (χ0) is 12.3. The first-order valence-electron chi connectivity index (χ1n) is 5.88. The minimum Gasteiger partial charge on any atom is -0.365 e. The van der Waals surface area contributed by atoms with Crippen molar-refractivity contribution in [2.45, 2.75) is 18.8 Å². The number of hydrogen-bond acceptors (Lipinski definition) is 4. The van der Waals surface area contributed by atoms with Gasteiger partial charge in [0.2, 0.25) is 0 Å². The van der Waals surface area contributed by atoms with Crippen molar-refractivity contribution in [3.05, 3.63) is 29.8 Å². The second-order valence-electron chi connectivity index (χ2n) is 4.40. The number of nitrogens with two attached hydrogens (primary N) is 1. The Kier molecular flexibility index (Phi) is 3.99. The highest BCUT2D eigenvalue weighted by molar-refractivity contribution is 5.56. The van der Waals surface area contributed by atoms with Crippen molar-refractivity contribution in [1.29, 1.82) is 0 Å². The van der Waals surface area contributed by atoms with Gasteiger partial charge < -0.3 is 20.1 Å². The molecule has 1 aliphatic rings. The third-order valence-corrected chi connectivity index (χ3v) is 3.16. The van der Waals surface area contributed by atoms with Gasteiger partial charge in [-0.2, -0.15) is 0 Å². The lowest BCUT2D eigenvalue weighted by Crippen LogP contribution is -2.46. The number of benzene rings is 1. The van der Waals surface area contributed by atoms with Crippen LogP contribution >= 0.6 is 0 Å². The molecule has 4 heteroatoms. The molecule has 1 atom stereocenters. The first-order chi connectivity index (χ1) is 8.24. The largest absolute Gasteiger partial charge is 0.365 e. The van der Waals surface area contributed by atoms with Crippen LogP contribution in [0.2, 0.25) is 0 Å². The Morgan fingerprint density at radius 1 is 1.35 bits per heavy atom. The first-order valence-corrected chi connectivity index (χ1v) is 5.88. The van der Waals surface area contributed by atoms with Crippen molar-refractivity contribution in [2.24, 2.45) is 5.73 Å². The second kappa shape index (κ2) is 5.49. The monoisotopic (exact) mass is 236 g/mol. The number of para-hydroxylation sites is 1. The Balaban J connectivity index is 2.17. The lowest BCUT2D eigenvalue weighted by Gasteiger charge is -2.36. The fourth-order valence-electron chi connectivity index (χ4n) is 2.32. The van der Waals surface area contributed by atoms with Crippen molar-refractivity contribution < 1.29 is 9.47 Å². The van der Waals surface area contributed by atoms with Gasteiger partial charge in [-0.1, -0.05) is 18.2 Å². The van der Waals surface area contributed by atoms with Crippen molar-refractivity contribution in [3.63, 3.8) is 0 Å². The van der Waals surface area contributed by atoms with Gasteiger partial charge in [0.05, 0.1) is 6.54 Å². The predicted molar refractivity (Wildman–Crippen MR) is 68.1 cm³/mol. The molecule has 0 amide bonds. The molecule has 0 spiro atoms. The molecular weight excluding hydrogens is 216 g/mol. The van der Waals surface area contributed by atoms with E-state index < -0.39 is 0 Å². The first kappa shape index (κ1) is 12.4. The Bertz CT molecular complexity index is 366. The summed E-state index contributed by atoms with van der Waals surface area (Å²) in [7, 11) is 3.31. The van der Waals surface area contributed by atoms with Crippen LogP contribution in [0.5, 0.6) is 0 Å². The summed E-state index contributed by atoms with van der Waals surface area (Å²) in [5, 5.41) is 0. The van der Waals surface area contributed by atoms with Crippen molar-refractivity contribution >= 4 is 5.69 Å². The van der Waals surface area contributed by atoms with Gasteiger partial charge in [0.25, 0.3) is 0 Å². The van der Waals surface area contributed by atoms with Crippen LogP contribution in [-0.4, -0.2) is 39.6 Å². The van der Waals surface area contributed by atoms with Crippen molar-refractivity contribution in [2.75, 3.05) is 32.2 Å². The van der Waals surface area contributed by atoms with E-state index in [9.17, 15) is 0 Å². The lowest BCUT2D eigenvalue weighted by molar-refractivity contribution is -0.0951. The summed E-state index contributed by atoms with van der Waals surface area (Å²) in [4.78, 5) is 2.24. The van der Waals surface area contributed by atoms with E-state index in [0.717, 1.165) is 13.0 Å². The molecule has 0 saturated heterocycles. The molecule has 1 aromatic carbocycles. The van der Waals surface area contributed by atoms with Gasteiger partial charge in [-0.3, -0.25) is 0 Å². The van der Waals surface area contributed by atoms with Gasteiger partial charge in [0, 0.05) is 32.5 Å². The van der Waals surface area contributed by atoms with Crippen molar-refractivity contribution in [1.82, 2.24) is 0 Å². The summed E-state index contributed by atoms with van der Waals surface area (Å²) < 4.78 is 10.5. The van der Waals surface area contributed by atoms with E-state index in [-0.39, 0.29) is 12.3 Å². The molecule has 17 heavy (non-hydrogen) atoms. The van der Waals surface area contributed by atoms with Crippen molar-refractivity contribution in [3.8, 4) is 0 Å². The summed E-state index contributed by atoms with van der Waals surface area (Å²) in [6, 6.07) is 8.55. The van der Waals surface area contributed by atoms with Crippen LogP contribution in [0.1, 0.15) is 5.56 Å². The number of nitrogens with zero attached hydrogens (tertiary/aromatic N) is 1. The number of anilines is 1. The van der Waals surface area contributed by atoms with E-state index in [1.807, 2.05) is 0 Å². The second-order valence-corrected chi connectivity index (χ2v) is 4.40. The van der Waals surface area contributed by atoms with Crippen LogP contribution in [0.4, 0.5) is 5.69 Å². The minimum absolute atomic E-state index is 0.180. The predicted octanol–water partition coefficient (Wildman–Crippen LogP) is 0.995. The van der Waals surface area contributed by atoms with E-state index in [0.29, 0.717) is 6.54 Å². The number of fused-ring (bicyclic) bond motifs is 1. The zero-order valence-corrected chi connectivity index (χ0v) is 10.4. The van der Waals surface area contributed by atoms with E-state index in [2.05, 4.69) is 29.2 Å². The lowest BCUT2D eigenvalue weighted by atomic mass is 9.98. The fraction of sp³-hybridized carbons (Fsp3) is 0.538. The van der Waals surface area contributed by atoms with Crippen LogP contribution in [0.3, 0.4) is 0 Å². The smallest absolute Gasteiger partial charge is 0.174 e. The molecule has 1 unspecified atom stereocenters. The number of hydrogen-bond donors (Lipinski definition) is 1. The molecule has 0 fully saturated rings. The fourth-order valence-corrected chi connectivity index (χ4v) is 2.32. The molecule has 0 aliphatic carbocycles. The number of methoxy groups -OCH3 is 2. The zero-order valence-electron chi connectivity index (χ0n) is 10.4. The molecule has 1 aliphatic heterocycles. The minimum atomic E-state index is -0.214.